The van der Waals surface area contributed by atoms with Crippen LogP contribution in [0.25, 0.3) is 21.9 Å². The van der Waals surface area contributed by atoms with E-state index in [9.17, 15) is 0 Å². The number of hydrogen-bond donors (Lipinski definition) is 2. The summed E-state index contributed by atoms with van der Waals surface area (Å²) in [6.45, 7) is 0.895. The van der Waals surface area contributed by atoms with Gasteiger partial charge < -0.3 is 0 Å². The van der Waals surface area contributed by atoms with Gasteiger partial charge in [-0.05, 0) is 45.5 Å². The van der Waals surface area contributed by atoms with Crippen LogP contribution in [-0.2, 0) is 6.42 Å². The monoisotopic (exact) mass is 352 g/mol. The SMILES string of the molecule is c1ccc2cc(C3NNCCc4cc(-c5cncnc5)ccc43)ccc2c1. The smallest absolute Gasteiger partial charge is 0.115 e. The van der Waals surface area contributed by atoms with Crippen molar-refractivity contribution in [3.8, 4) is 11.1 Å². The molecule has 4 heteroatoms. The number of nitrogens with zero attached hydrogens (tertiary/aromatic N) is 2. The number of benzene rings is 3. The molecule has 2 heterocycles. The molecule has 0 radical (unpaired) electrons. The normalized spacial score (nSPS) is 16.7. The maximum Gasteiger partial charge on any atom is 0.115 e. The van der Waals surface area contributed by atoms with Crippen LogP contribution in [0.2, 0.25) is 0 Å². The summed E-state index contributed by atoms with van der Waals surface area (Å²) < 4.78 is 0. The third kappa shape index (κ3) is 3.10. The minimum atomic E-state index is 0.119. The molecule has 0 saturated heterocycles. The summed E-state index contributed by atoms with van der Waals surface area (Å²) >= 11 is 0. The number of nitrogens with one attached hydrogen (secondary N) is 2. The second kappa shape index (κ2) is 6.91. The minimum absolute atomic E-state index is 0.119. The van der Waals surface area contributed by atoms with Gasteiger partial charge in [-0.3, -0.25) is 5.43 Å². The van der Waals surface area contributed by atoms with Crippen molar-refractivity contribution < 1.29 is 0 Å². The molecule has 27 heavy (non-hydrogen) atoms. The summed E-state index contributed by atoms with van der Waals surface area (Å²) in [6, 6.07) is 22.0. The fourth-order valence-corrected chi connectivity index (χ4v) is 3.83. The molecule has 0 bridgehead atoms. The van der Waals surface area contributed by atoms with Crippen molar-refractivity contribution in [3.05, 3.63) is 96.1 Å². The van der Waals surface area contributed by atoms with Crippen molar-refractivity contribution in [1.29, 1.82) is 0 Å². The molecule has 4 nitrogen and oxygen atoms in total. The van der Waals surface area contributed by atoms with Gasteiger partial charge in [0.15, 0.2) is 0 Å². The van der Waals surface area contributed by atoms with Gasteiger partial charge in [0.05, 0.1) is 6.04 Å². The molecule has 132 valence electrons. The third-order valence-electron chi connectivity index (χ3n) is 5.22. The maximum absolute atomic E-state index is 4.15. The van der Waals surface area contributed by atoms with E-state index in [1.54, 1.807) is 6.33 Å². The van der Waals surface area contributed by atoms with Crippen molar-refractivity contribution in [1.82, 2.24) is 20.8 Å². The zero-order valence-corrected chi connectivity index (χ0v) is 14.9. The zero-order valence-electron chi connectivity index (χ0n) is 14.9. The van der Waals surface area contributed by atoms with Gasteiger partial charge in [-0.25, -0.2) is 15.4 Å². The second-order valence-electron chi connectivity index (χ2n) is 6.90. The molecule has 0 saturated carbocycles. The molecule has 1 aliphatic heterocycles. The van der Waals surface area contributed by atoms with E-state index >= 15 is 0 Å². The Bertz CT molecular complexity index is 1090. The zero-order chi connectivity index (χ0) is 18.1. The van der Waals surface area contributed by atoms with Gasteiger partial charge >= 0.3 is 0 Å². The Labute approximate surface area is 158 Å². The predicted molar refractivity (Wildman–Crippen MR) is 108 cm³/mol. The lowest BCUT2D eigenvalue weighted by molar-refractivity contribution is 0.503. The largest absolute Gasteiger partial charge is 0.257 e. The molecular weight excluding hydrogens is 332 g/mol. The number of fused-ring (bicyclic) bond motifs is 2. The van der Waals surface area contributed by atoms with Gasteiger partial charge in [0.2, 0.25) is 0 Å². The van der Waals surface area contributed by atoms with E-state index in [4.69, 9.17) is 0 Å². The molecule has 4 aromatic rings. The van der Waals surface area contributed by atoms with E-state index in [0.29, 0.717) is 0 Å². The average molecular weight is 352 g/mol. The maximum atomic E-state index is 4.15. The Kier molecular flexibility index (Phi) is 4.13. The van der Waals surface area contributed by atoms with Crippen molar-refractivity contribution in [3.63, 3.8) is 0 Å². The van der Waals surface area contributed by atoms with E-state index in [0.717, 1.165) is 24.1 Å². The van der Waals surface area contributed by atoms with Gasteiger partial charge in [0.1, 0.15) is 6.33 Å². The van der Waals surface area contributed by atoms with Crippen LogP contribution in [0.5, 0.6) is 0 Å². The van der Waals surface area contributed by atoms with Gasteiger partial charge in [-0.2, -0.15) is 0 Å². The van der Waals surface area contributed by atoms with E-state index in [1.807, 2.05) is 12.4 Å². The summed E-state index contributed by atoms with van der Waals surface area (Å²) in [6.07, 6.45) is 6.27. The van der Waals surface area contributed by atoms with Gasteiger partial charge in [0, 0.05) is 24.5 Å². The molecule has 5 rings (SSSR count). The van der Waals surface area contributed by atoms with E-state index < -0.39 is 0 Å². The molecule has 1 unspecified atom stereocenters. The molecular formula is C23H20N4. The van der Waals surface area contributed by atoms with Crippen LogP contribution >= 0.6 is 0 Å². The third-order valence-corrected chi connectivity index (χ3v) is 5.22. The fourth-order valence-electron chi connectivity index (χ4n) is 3.83. The van der Waals surface area contributed by atoms with Crippen LogP contribution in [0, 0.1) is 0 Å². The van der Waals surface area contributed by atoms with E-state index in [2.05, 4.69) is 81.5 Å². The van der Waals surface area contributed by atoms with Crippen LogP contribution in [0.15, 0.2) is 79.4 Å². The van der Waals surface area contributed by atoms with Crippen LogP contribution in [0.1, 0.15) is 22.7 Å². The lowest BCUT2D eigenvalue weighted by atomic mass is 9.90. The first kappa shape index (κ1) is 16.1. The molecule has 0 spiro atoms. The topological polar surface area (TPSA) is 49.8 Å². The van der Waals surface area contributed by atoms with Crippen molar-refractivity contribution in [2.45, 2.75) is 12.5 Å². The first-order chi connectivity index (χ1) is 13.4. The lowest BCUT2D eigenvalue weighted by Gasteiger charge is -2.20. The van der Waals surface area contributed by atoms with Crippen LogP contribution in [0.3, 0.4) is 0 Å². The second-order valence-corrected chi connectivity index (χ2v) is 6.90. The van der Waals surface area contributed by atoms with E-state index in [1.165, 1.54) is 27.5 Å². The van der Waals surface area contributed by atoms with Gasteiger partial charge in [-0.15, -0.1) is 0 Å². The Hall–Kier alpha value is -3.08. The molecule has 0 aliphatic carbocycles. The number of rotatable bonds is 2. The Morgan fingerprint density at radius 1 is 0.815 bits per heavy atom. The standard InChI is InChI=1S/C23H20N4/c1-2-4-17-12-20(6-5-16(17)3-1)23-22-8-7-18(21-13-24-15-25-14-21)11-19(22)9-10-26-27-23/h1-8,11-15,23,26-27H,9-10H2. The molecule has 3 aromatic carbocycles. The quantitative estimate of drug-likeness (QED) is 0.572. The highest BCUT2D eigenvalue weighted by Crippen LogP contribution is 2.31. The summed E-state index contributed by atoms with van der Waals surface area (Å²) in [5.41, 5.74) is 13.0. The summed E-state index contributed by atoms with van der Waals surface area (Å²) in [5, 5.41) is 2.53. The highest BCUT2D eigenvalue weighted by atomic mass is 15.4. The molecule has 2 N–H and O–H groups in total. The lowest BCUT2D eigenvalue weighted by Crippen LogP contribution is -2.34. The fraction of sp³-hybridized carbons (Fsp3) is 0.130. The predicted octanol–water partition coefficient (Wildman–Crippen LogP) is 4.04. The van der Waals surface area contributed by atoms with Crippen LogP contribution in [-0.4, -0.2) is 16.5 Å². The number of aromatic nitrogens is 2. The molecule has 0 amide bonds. The van der Waals surface area contributed by atoms with Gasteiger partial charge in [-0.1, -0.05) is 54.6 Å². The summed E-state index contributed by atoms with van der Waals surface area (Å²) in [4.78, 5) is 8.29. The van der Waals surface area contributed by atoms with Crippen LogP contribution in [0.4, 0.5) is 0 Å². The highest BCUT2D eigenvalue weighted by molar-refractivity contribution is 5.83. The number of hydrogen-bond acceptors (Lipinski definition) is 4. The van der Waals surface area contributed by atoms with Crippen molar-refractivity contribution in [2.75, 3.05) is 6.54 Å². The van der Waals surface area contributed by atoms with Crippen molar-refractivity contribution >= 4 is 10.8 Å². The number of hydrazine groups is 1. The average Bonchev–Trinajstić information content (AvgIpc) is 2.96. The Morgan fingerprint density at radius 3 is 2.56 bits per heavy atom. The van der Waals surface area contributed by atoms with E-state index in [-0.39, 0.29) is 6.04 Å². The first-order valence-corrected chi connectivity index (χ1v) is 9.24. The highest BCUT2D eigenvalue weighted by Gasteiger charge is 2.20. The first-order valence-electron chi connectivity index (χ1n) is 9.24. The summed E-state index contributed by atoms with van der Waals surface area (Å²) in [7, 11) is 0. The Balaban J connectivity index is 1.58. The molecule has 1 aliphatic rings. The molecule has 0 fully saturated rings. The van der Waals surface area contributed by atoms with Gasteiger partial charge in [0.25, 0.3) is 0 Å². The minimum Gasteiger partial charge on any atom is -0.257 e. The molecule has 1 atom stereocenters. The van der Waals surface area contributed by atoms with Crippen LogP contribution < -0.4 is 10.9 Å². The Morgan fingerprint density at radius 2 is 1.67 bits per heavy atom. The summed E-state index contributed by atoms with van der Waals surface area (Å²) in [5.74, 6) is 0. The van der Waals surface area contributed by atoms with Crippen molar-refractivity contribution in [2.24, 2.45) is 0 Å². The molecule has 1 aromatic heterocycles.